The zero-order chi connectivity index (χ0) is 25.5. The lowest BCUT2D eigenvalue weighted by Crippen LogP contribution is -2.48. The van der Waals surface area contributed by atoms with Crippen molar-refractivity contribution in [2.75, 3.05) is 11.9 Å². The number of hydrogen-bond donors (Lipinski definition) is 1. The standard InChI is InChI=1S/C28H25BrN2O5/c1-28-20(25(34)31(27(28)36)15-6-4-3-5-7-15)13-18-16(23(28)19-12-14(29)8-11-21(19)32)9-10-17-22(18)26(35)30(2)24(17)33/h3-9,11-12,17-18,20,22-23,32H,10,13H2,1-2H3/t17-,18+,20-,22-,23+,28+/m0/s1. The number of phenols is 1. The maximum absolute atomic E-state index is 14.2. The van der Waals surface area contributed by atoms with E-state index in [4.69, 9.17) is 0 Å². The van der Waals surface area contributed by atoms with Crippen LogP contribution in [0.1, 0.15) is 31.2 Å². The molecular formula is C28H25BrN2O5. The van der Waals surface area contributed by atoms with Gasteiger partial charge < -0.3 is 5.11 Å². The van der Waals surface area contributed by atoms with Crippen LogP contribution in [0.15, 0.2) is 64.7 Å². The first-order valence-electron chi connectivity index (χ1n) is 12.1. The molecule has 2 aromatic carbocycles. The molecule has 0 bridgehead atoms. The number of benzene rings is 2. The predicted molar refractivity (Wildman–Crippen MR) is 135 cm³/mol. The first-order chi connectivity index (χ1) is 17.2. The molecule has 2 aliphatic heterocycles. The normalized spacial score (nSPS) is 33.4. The summed E-state index contributed by atoms with van der Waals surface area (Å²) in [6.45, 7) is 1.81. The Morgan fingerprint density at radius 3 is 2.42 bits per heavy atom. The number of phenolic OH excluding ortho intramolecular Hbond substituents is 1. The predicted octanol–water partition coefficient (Wildman–Crippen LogP) is 4.02. The zero-order valence-corrected chi connectivity index (χ0v) is 21.4. The fraction of sp³-hybridized carbons (Fsp3) is 0.357. The molecule has 7 nitrogen and oxygen atoms in total. The van der Waals surface area contributed by atoms with E-state index < -0.39 is 29.1 Å². The van der Waals surface area contributed by atoms with E-state index in [1.807, 2.05) is 19.1 Å². The maximum Gasteiger partial charge on any atom is 0.241 e. The third-order valence-electron chi connectivity index (χ3n) is 8.81. The van der Waals surface area contributed by atoms with Gasteiger partial charge in [-0.3, -0.25) is 24.1 Å². The molecule has 36 heavy (non-hydrogen) atoms. The Morgan fingerprint density at radius 2 is 1.69 bits per heavy atom. The number of halogens is 1. The Kier molecular flexibility index (Phi) is 5.06. The second-order valence-electron chi connectivity index (χ2n) is 10.4. The van der Waals surface area contributed by atoms with Crippen LogP contribution in [0.3, 0.4) is 0 Å². The summed E-state index contributed by atoms with van der Waals surface area (Å²) in [6.07, 6.45) is 2.67. The number of fused-ring (bicyclic) bond motifs is 4. The molecule has 6 rings (SSSR count). The molecule has 2 aliphatic carbocycles. The number of carbonyl (C=O) groups is 4. The minimum atomic E-state index is -1.17. The molecule has 0 radical (unpaired) electrons. The fourth-order valence-corrected chi connectivity index (χ4v) is 7.48. The average Bonchev–Trinajstić information content (AvgIpc) is 3.21. The van der Waals surface area contributed by atoms with Crippen LogP contribution in [0, 0.1) is 29.1 Å². The van der Waals surface area contributed by atoms with Crippen LogP contribution in [-0.2, 0) is 19.2 Å². The highest BCUT2D eigenvalue weighted by Crippen LogP contribution is 2.64. The monoisotopic (exact) mass is 548 g/mol. The summed E-state index contributed by atoms with van der Waals surface area (Å²) < 4.78 is 0.732. The minimum absolute atomic E-state index is 0.0243. The van der Waals surface area contributed by atoms with Crippen molar-refractivity contribution >= 4 is 45.2 Å². The summed E-state index contributed by atoms with van der Waals surface area (Å²) in [5.41, 5.74) is 0.725. The zero-order valence-electron chi connectivity index (χ0n) is 19.8. The summed E-state index contributed by atoms with van der Waals surface area (Å²) in [4.78, 5) is 56.6. The molecule has 1 N–H and O–H groups in total. The molecule has 6 atom stereocenters. The van der Waals surface area contributed by atoms with E-state index in [-0.39, 0.29) is 35.3 Å². The van der Waals surface area contributed by atoms with Gasteiger partial charge in [0.15, 0.2) is 0 Å². The van der Waals surface area contributed by atoms with Crippen molar-refractivity contribution in [2.45, 2.75) is 25.7 Å². The maximum atomic E-state index is 14.2. The Balaban J connectivity index is 1.57. The molecule has 4 aliphatic rings. The quantitative estimate of drug-likeness (QED) is 0.451. The molecule has 2 aromatic rings. The second kappa shape index (κ2) is 7.87. The number of amides is 4. The number of para-hydroxylation sites is 1. The van der Waals surface area contributed by atoms with Crippen LogP contribution in [0.2, 0.25) is 0 Å². The molecule has 3 fully saturated rings. The fourth-order valence-electron chi connectivity index (χ4n) is 7.10. The van der Waals surface area contributed by atoms with E-state index in [2.05, 4.69) is 15.9 Å². The minimum Gasteiger partial charge on any atom is -0.508 e. The number of carbonyl (C=O) groups excluding carboxylic acids is 4. The Morgan fingerprint density at radius 1 is 0.972 bits per heavy atom. The molecular weight excluding hydrogens is 524 g/mol. The van der Waals surface area contributed by atoms with Crippen LogP contribution in [0.5, 0.6) is 5.75 Å². The Bertz CT molecular complexity index is 1370. The molecule has 2 heterocycles. The summed E-state index contributed by atoms with van der Waals surface area (Å²) in [5, 5.41) is 11.0. The van der Waals surface area contributed by atoms with E-state index in [9.17, 15) is 24.3 Å². The highest BCUT2D eigenvalue weighted by molar-refractivity contribution is 9.10. The van der Waals surface area contributed by atoms with Gasteiger partial charge in [0.1, 0.15) is 5.75 Å². The van der Waals surface area contributed by atoms with Crippen LogP contribution < -0.4 is 4.90 Å². The van der Waals surface area contributed by atoms with Gasteiger partial charge in [-0.05, 0) is 56.0 Å². The average molecular weight is 549 g/mol. The van der Waals surface area contributed by atoms with Gasteiger partial charge in [-0.25, -0.2) is 4.90 Å². The first-order valence-corrected chi connectivity index (χ1v) is 12.9. The highest BCUT2D eigenvalue weighted by atomic mass is 79.9. The van der Waals surface area contributed by atoms with Crippen molar-refractivity contribution in [1.29, 1.82) is 0 Å². The topological polar surface area (TPSA) is 95.0 Å². The molecule has 184 valence electrons. The Labute approximate surface area is 216 Å². The largest absolute Gasteiger partial charge is 0.508 e. The molecule has 4 amide bonds. The number of anilines is 1. The third kappa shape index (κ3) is 2.91. The Hall–Kier alpha value is -3.26. The van der Waals surface area contributed by atoms with E-state index in [1.165, 1.54) is 16.8 Å². The number of rotatable bonds is 2. The summed E-state index contributed by atoms with van der Waals surface area (Å²) >= 11 is 3.49. The van der Waals surface area contributed by atoms with Gasteiger partial charge in [0.05, 0.1) is 28.9 Å². The van der Waals surface area contributed by atoms with E-state index in [1.54, 1.807) is 42.5 Å². The molecule has 2 saturated heterocycles. The second-order valence-corrected chi connectivity index (χ2v) is 11.4. The van der Waals surface area contributed by atoms with Crippen LogP contribution in [0.4, 0.5) is 5.69 Å². The number of aromatic hydroxyl groups is 1. The number of hydrogen-bond acceptors (Lipinski definition) is 5. The first kappa shape index (κ1) is 23.2. The van der Waals surface area contributed by atoms with Crippen LogP contribution in [-0.4, -0.2) is 40.7 Å². The van der Waals surface area contributed by atoms with Crippen molar-refractivity contribution < 1.29 is 24.3 Å². The van der Waals surface area contributed by atoms with Gasteiger partial charge in [0.2, 0.25) is 23.6 Å². The summed E-state index contributed by atoms with van der Waals surface area (Å²) in [5.74, 6) is -3.78. The van der Waals surface area contributed by atoms with Crippen molar-refractivity contribution in [3.05, 3.63) is 70.2 Å². The smallest absolute Gasteiger partial charge is 0.241 e. The van der Waals surface area contributed by atoms with Crippen molar-refractivity contribution in [3.63, 3.8) is 0 Å². The molecule has 0 spiro atoms. The van der Waals surface area contributed by atoms with Crippen molar-refractivity contribution in [3.8, 4) is 5.75 Å². The van der Waals surface area contributed by atoms with Gasteiger partial charge >= 0.3 is 0 Å². The van der Waals surface area contributed by atoms with Gasteiger partial charge in [-0.2, -0.15) is 0 Å². The van der Waals surface area contributed by atoms with E-state index in [0.29, 0.717) is 24.1 Å². The SMILES string of the molecule is CN1C(=O)[C@H]2[C@H](CC=C3[C@H]2C[C@H]2C(=O)N(c4ccccc4)C(=O)[C@@]2(C)[C@H]3c2cc(Br)ccc2O)C1=O. The molecule has 8 heteroatoms. The van der Waals surface area contributed by atoms with E-state index >= 15 is 0 Å². The molecule has 0 unspecified atom stereocenters. The number of allylic oxidation sites excluding steroid dienone is 2. The van der Waals surface area contributed by atoms with Crippen LogP contribution >= 0.6 is 15.9 Å². The summed E-state index contributed by atoms with van der Waals surface area (Å²) in [6, 6.07) is 13.9. The highest BCUT2D eigenvalue weighted by Gasteiger charge is 2.67. The van der Waals surface area contributed by atoms with Gasteiger partial charge in [-0.15, -0.1) is 0 Å². The van der Waals surface area contributed by atoms with Gasteiger partial charge in [-0.1, -0.05) is 45.8 Å². The van der Waals surface area contributed by atoms with Gasteiger partial charge in [0.25, 0.3) is 0 Å². The van der Waals surface area contributed by atoms with Gasteiger partial charge in [0, 0.05) is 23.0 Å². The lowest BCUT2D eigenvalue weighted by atomic mass is 9.51. The lowest BCUT2D eigenvalue weighted by molar-refractivity contribution is -0.138. The van der Waals surface area contributed by atoms with Crippen LogP contribution in [0.25, 0.3) is 0 Å². The molecule has 1 saturated carbocycles. The lowest BCUT2D eigenvalue weighted by Gasteiger charge is -2.49. The molecule has 0 aromatic heterocycles. The number of nitrogens with zero attached hydrogens (tertiary/aromatic N) is 2. The third-order valence-corrected chi connectivity index (χ3v) is 9.30. The number of likely N-dealkylation sites (tertiary alicyclic amines) is 1. The summed E-state index contributed by atoms with van der Waals surface area (Å²) in [7, 11) is 1.51. The van der Waals surface area contributed by atoms with E-state index in [0.717, 1.165) is 10.0 Å². The van der Waals surface area contributed by atoms with Crippen molar-refractivity contribution in [2.24, 2.45) is 29.1 Å². The number of imide groups is 2. The van der Waals surface area contributed by atoms with Crippen molar-refractivity contribution in [1.82, 2.24) is 4.90 Å².